The summed E-state index contributed by atoms with van der Waals surface area (Å²) in [5.41, 5.74) is 5.86. The van der Waals surface area contributed by atoms with Crippen molar-refractivity contribution in [2.45, 2.75) is 12.4 Å². The van der Waals surface area contributed by atoms with Crippen molar-refractivity contribution in [2.24, 2.45) is 0 Å². The molecule has 8 heteroatoms. The highest BCUT2D eigenvalue weighted by Crippen LogP contribution is 2.34. The van der Waals surface area contributed by atoms with Crippen molar-refractivity contribution in [1.29, 1.82) is 0 Å². The second-order valence-electron chi connectivity index (χ2n) is 4.83. The van der Waals surface area contributed by atoms with Gasteiger partial charge in [0.25, 0.3) is 0 Å². The first kappa shape index (κ1) is 15.6. The van der Waals surface area contributed by atoms with Gasteiger partial charge < -0.3 is 10.2 Å². The van der Waals surface area contributed by atoms with Crippen LogP contribution in [0.3, 0.4) is 0 Å². The van der Waals surface area contributed by atoms with E-state index in [2.05, 4.69) is 10.9 Å². The fourth-order valence-corrected chi connectivity index (χ4v) is 2.42. The van der Waals surface area contributed by atoms with Gasteiger partial charge in [-0.1, -0.05) is 29.8 Å². The Kier molecular flexibility index (Phi) is 3.91. The van der Waals surface area contributed by atoms with Crippen molar-refractivity contribution in [3.05, 3.63) is 64.2 Å². The molecule has 0 saturated heterocycles. The van der Waals surface area contributed by atoms with E-state index in [0.717, 1.165) is 12.1 Å². The Morgan fingerprint density at radius 3 is 2.57 bits per heavy atom. The van der Waals surface area contributed by atoms with E-state index in [1.807, 2.05) is 0 Å². The summed E-state index contributed by atoms with van der Waals surface area (Å²) in [7, 11) is 0. The van der Waals surface area contributed by atoms with Gasteiger partial charge >= 0.3 is 12.1 Å². The van der Waals surface area contributed by atoms with Crippen LogP contribution in [0.5, 0.6) is 0 Å². The average Bonchev–Trinajstić information content (AvgIpc) is 2.82. The Morgan fingerprint density at radius 1 is 1.13 bits per heavy atom. The van der Waals surface area contributed by atoms with Gasteiger partial charge in [0.2, 0.25) is 0 Å². The molecule has 0 aromatic heterocycles. The van der Waals surface area contributed by atoms with E-state index in [9.17, 15) is 18.0 Å². The van der Waals surface area contributed by atoms with Crippen molar-refractivity contribution in [3.8, 4) is 0 Å². The van der Waals surface area contributed by atoms with Crippen molar-refractivity contribution in [3.63, 3.8) is 0 Å². The lowest BCUT2D eigenvalue weighted by atomic mass is 10.1. The number of anilines is 1. The lowest BCUT2D eigenvalue weighted by Gasteiger charge is -2.16. The number of nitrogens with one attached hydrogen (secondary N) is 2. The zero-order valence-electron chi connectivity index (χ0n) is 11.4. The van der Waals surface area contributed by atoms with Crippen molar-refractivity contribution < 1.29 is 22.7 Å². The molecule has 1 atom stereocenters. The summed E-state index contributed by atoms with van der Waals surface area (Å²) in [6.07, 6.45) is -5.22. The maximum absolute atomic E-state index is 12.6. The fourth-order valence-electron chi connectivity index (χ4n) is 2.19. The third kappa shape index (κ3) is 3.11. The molecular weight excluding hydrogens is 333 g/mol. The average molecular weight is 343 g/mol. The molecule has 0 aliphatic carbocycles. The van der Waals surface area contributed by atoms with Crippen LogP contribution in [0.4, 0.5) is 18.9 Å². The minimum atomic E-state index is -4.46. The van der Waals surface area contributed by atoms with E-state index >= 15 is 0 Å². The number of hydrogen-bond donors (Lipinski definition) is 2. The second kappa shape index (κ2) is 5.75. The lowest BCUT2D eigenvalue weighted by molar-refractivity contribution is -0.137. The predicted octanol–water partition coefficient (Wildman–Crippen LogP) is 4.14. The fraction of sp³-hybridized carbons (Fsp3) is 0.133. The summed E-state index contributed by atoms with van der Waals surface area (Å²) in [6, 6.07) is 9.73. The Labute approximate surface area is 134 Å². The number of halogens is 4. The van der Waals surface area contributed by atoms with E-state index in [1.165, 1.54) is 6.07 Å². The van der Waals surface area contributed by atoms with Crippen LogP contribution in [0.15, 0.2) is 42.5 Å². The van der Waals surface area contributed by atoms with Gasteiger partial charge in [-0.25, -0.2) is 4.79 Å². The number of ether oxygens (including phenoxy) is 1. The highest BCUT2D eigenvalue weighted by atomic mass is 35.5. The van der Waals surface area contributed by atoms with E-state index in [-0.39, 0.29) is 10.7 Å². The van der Waals surface area contributed by atoms with Gasteiger partial charge in [0, 0.05) is 5.56 Å². The van der Waals surface area contributed by atoms with Gasteiger partial charge in [-0.15, -0.1) is 0 Å². The van der Waals surface area contributed by atoms with E-state index in [4.69, 9.17) is 16.3 Å². The number of carbonyl (C=O) groups is 1. The summed E-state index contributed by atoms with van der Waals surface area (Å²) in [5.74, 6) is -0.474. The first-order valence-corrected chi connectivity index (χ1v) is 6.92. The second-order valence-corrected chi connectivity index (χ2v) is 5.24. The summed E-state index contributed by atoms with van der Waals surface area (Å²) < 4.78 is 42.9. The monoisotopic (exact) mass is 342 g/mol. The molecule has 2 N–H and O–H groups in total. The minimum absolute atomic E-state index is 0.107. The molecule has 0 radical (unpaired) electrons. The molecule has 120 valence electrons. The number of fused-ring (bicyclic) bond motifs is 1. The number of rotatable bonds is 3. The van der Waals surface area contributed by atoms with Crippen molar-refractivity contribution >= 4 is 23.3 Å². The molecule has 3 rings (SSSR count). The van der Waals surface area contributed by atoms with Crippen LogP contribution in [-0.2, 0) is 10.9 Å². The summed E-state index contributed by atoms with van der Waals surface area (Å²) in [4.78, 5) is 11.7. The van der Waals surface area contributed by atoms with Crippen LogP contribution < -0.4 is 10.9 Å². The number of hydrazine groups is 1. The van der Waals surface area contributed by atoms with Gasteiger partial charge in [-0.3, -0.25) is 0 Å². The zero-order valence-corrected chi connectivity index (χ0v) is 12.2. The number of alkyl halides is 3. The zero-order chi connectivity index (χ0) is 16.6. The van der Waals surface area contributed by atoms with Gasteiger partial charge in [-0.2, -0.15) is 18.6 Å². The molecule has 2 aromatic carbocycles. The van der Waals surface area contributed by atoms with Crippen molar-refractivity contribution in [1.82, 2.24) is 5.43 Å². The minimum Gasteiger partial charge on any atom is -0.437 e. The van der Waals surface area contributed by atoms with Gasteiger partial charge in [0.05, 0.1) is 21.8 Å². The number of carbonyl (C=O) groups excluding carboxylic acids is 1. The molecule has 4 nitrogen and oxygen atoms in total. The van der Waals surface area contributed by atoms with E-state index < -0.39 is 23.9 Å². The lowest BCUT2D eigenvalue weighted by Crippen LogP contribution is -2.27. The third-order valence-corrected chi connectivity index (χ3v) is 3.64. The molecule has 1 aliphatic heterocycles. The molecule has 0 spiro atoms. The Bertz CT molecular complexity index is 765. The number of esters is 1. The number of cyclic esters (lactones) is 1. The molecule has 23 heavy (non-hydrogen) atoms. The molecule has 2 aromatic rings. The molecule has 1 heterocycles. The first-order chi connectivity index (χ1) is 10.9. The molecule has 0 fully saturated rings. The van der Waals surface area contributed by atoms with E-state index in [0.29, 0.717) is 11.1 Å². The largest absolute Gasteiger partial charge is 0.437 e. The summed E-state index contributed by atoms with van der Waals surface area (Å²) >= 11 is 5.84. The molecule has 0 amide bonds. The van der Waals surface area contributed by atoms with Crippen LogP contribution in [0.2, 0.25) is 5.02 Å². The van der Waals surface area contributed by atoms with Crippen molar-refractivity contribution in [2.75, 3.05) is 5.43 Å². The van der Waals surface area contributed by atoms with Gasteiger partial charge in [-0.05, 0) is 24.3 Å². The molecule has 1 aliphatic rings. The summed E-state index contributed by atoms with van der Waals surface area (Å²) in [5, 5.41) is -0.107. The van der Waals surface area contributed by atoms with Crippen LogP contribution >= 0.6 is 11.6 Å². The maximum atomic E-state index is 12.6. The summed E-state index contributed by atoms with van der Waals surface area (Å²) in [6.45, 7) is 0. The van der Waals surface area contributed by atoms with Gasteiger partial charge in [0.1, 0.15) is 0 Å². The van der Waals surface area contributed by atoms with Crippen LogP contribution in [0, 0.1) is 0 Å². The quantitative estimate of drug-likeness (QED) is 0.650. The van der Waals surface area contributed by atoms with Crippen LogP contribution in [-0.4, -0.2) is 5.97 Å². The third-order valence-electron chi connectivity index (χ3n) is 3.32. The normalized spacial score (nSPS) is 16.9. The number of hydrogen-bond acceptors (Lipinski definition) is 4. The Balaban J connectivity index is 1.74. The standard InChI is InChI=1S/C15H10ClF3N2O2/c16-11-7-8(15(17,18)19)5-6-12(11)20-21-13-9-3-1-2-4-10(9)14(22)23-13/h1-7,13,20-21H/t13-/m0/s1. The Hall–Kier alpha value is -2.25. The van der Waals surface area contributed by atoms with Gasteiger partial charge in [0.15, 0.2) is 6.23 Å². The topological polar surface area (TPSA) is 50.4 Å². The molecule has 0 bridgehead atoms. The highest BCUT2D eigenvalue weighted by molar-refractivity contribution is 6.33. The SMILES string of the molecule is O=C1O[C@H](NNc2ccc(C(F)(F)F)cc2Cl)c2ccccc21. The highest BCUT2D eigenvalue weighted by Gasteiger charge is 2.32. The Morgan fingerprint density at radius 2 is 1.87 bits per heavy atom. The molecular formula is C15H10ClF3N2O2. The van der Waals surface area contributed by atoms with E-state index in [1.54, 1.807) is 24.3 Å². The molecule has 0 unspecified atom stereocenters. The smallest absolute Gasteiger partial charge is 0.416 e. The molecule has 0 saturated carbocycles. The van der Waals surface area contributed by atoms with Crippen LogP contribution in [0.25, 0.3) is 0 Å². The maximum Gasteiger partial charge on any atom is 0.416 e. The predicted molar refractivity (Wildman–Crippen MR) is 77.8 cm³/mol. The first-order valence-electron chi connectivity index (χ1n) is 6.54. The van der Waals surface area contributed by atoms with Crippen LogP contribution in [0.1, 0.15) is 27.7 Å². The number of benzene rings is 2.